The van der Waals surface area contributed by atoms with Crippen molar-refractivity contribution in [3.63, 3.8) is 0 Å². The molecule has 48 valence electrons. The fraction of sp³-hybridized carbons (Fsp3) is 0. The summed E-state index contributed by atoms with van der Waals surface area (Å²) in [5, 5.41) is 8.32. The summed E-state index contributed by atoms with van der Waals surface area (Å²) in [4.78, 5) is 10.1. The molecule has 0 fully saturated rings. The van der Waals surface area contributed by atoms with E-state index in [1.54, 1.807) is 0 Å². The summed E-state index contributed by atoms with van der Waals surface area (Å²) in [7, 11) is 0. The molecule has 0 amide bonds. The first kappa shape index (κ1) is 7.69. The number of aliphatic carboxylic acids is 1. The SMILES string of the molecule is C=C/C=C(\C=C)C(=O)O. The standard InChI is InChI=1S/C7H8O2/c1-3-5-6(4-2)7(8)9/h3-5H,1-2H2,(H,8,9)/b6-5+. The second-order valence-electron chi connectivity index (χ2n) is 1.37. The van der Waals surface area contributed by atoms with Gasteiger partial charge < -0.3 is 5.11 Å². The van der Waals surface area contributed by atoms with E-state index in [-0.39, 0.29) is 5.57 Å². The van der Waals surface area contributed by atoms with Crippen LogP contribution in [-0.2, 0) is 4.79 Å². The molecule has 9 heavy (non-hydrogen) atoms. The first-order valence-corrected chi connectivity index (χ1v) is 2.40. The second kappa shape index (κ2) is 3.66. The minimum atomic E-state index is -0.982. The highest BCUT2D eigenvalue weighted by Gasteiger charge is 1.97. The predicted molar refractivity (Wildman–Crippen MR) is 36.1 cm³/mol. The number of carboxylic acids is 1. The molecule has 0 spiro atoms. The third-order valence-corrected chi connectivity index (χ3v) is 0.764. The van der Waals surface area contributed by atoms with E-state index in [0.29, 0.717) is 0 Å². The highest BCUT2D eigenvalue weighted by molar-refractivity contribution is 5.89. The molecular formula is C7H8O2. The Morgan fingerprint density at radius 1 is 1.44 bits per heavy atom. The fourth-order valence-corrected chi connectivity index (χ4v) is 0.354. The van der Waals surface area contributed by atoms with Crippen LogP contribution in [0.15, 0.2) is 37.0 Å². The van der Waals surface area contributed by atoms with Gasteiger partial charge in [0.25, 0.3) is 0 Å². The Kier molecular flexibility index (Phi) is 3.13. The molecule has 0 aliphatic rings. The molecule has 0 aromatic carbocycles. The van der Waals surface area contributed by atoms with Crippen LogP contribution >= 0.6 is 0 Å². The minimum Gasteiger partial charge on any atom is -0.478 e. The van der Waals surface area contributed by atoms with Crippen LogP contribution in [0.3, 0.4) is 0 Å². The van der Waals surface area contributed by atoms with Crippen molar-refractivity contribution in [1.82, 2.24) is 0 Å². The Hall–Kier alpha value is -1.31. The van der Waals surface area contributed by atoms with Crippen LogP contribution in [0.4, 0.5) is 0 Å². The lowest BCUT2D eigenvalue weighted by atomic mass is 10.2. The molecule has 0 rings (SSSR count). The number of hydrogen-bond acceptors (Lipinski definition) is 1. The highest BCUT2D eigenvalue weighted by atomic mass is 16.4. The average molecular weight is 124 g/mol. The van der Waals surface area contributed by atoms with E-state index in [2.05, 4.69) is 13.2 Å². The van der Waals surface area contributed by atoms with E-state index in [1.165, 1.54) is 18.2 Å². The van der Waals surface area contributed by atoms with Crippen molar-refractivity contribution in [3.8, 4) is 0 Å². The lowest BCUT2D eigenvalue weighted by Crippen LogP contribution is -1.95. The molecule has 0 saturated carbocycles. The van der Waals surface area contributed by atoms with Gasteiger partial charge in [-0.1, -0.05) is 25.3 Å². The lowest BCUT2D eigenvalue weighted by molar-refractivity contribution is -0.132. The maximum Gasteiger partial charge on any atom is 0.335 e. The predicted octanol–water partition coefficient (Wildman–Crippen LogP) is 1.37. The maximum absolute atomic E-state index is 10.1. The van der Waals surface area contributed by atoms with Gasteiger partial charge in [0.2, 0.25) is 0 Å². The Bertz CT molecular complexity index is 166. The van der Waals surface area contributed by atoms with Crippen molar-refractivity contribution in [2.45, 2.75) is 0 Å². The minimum absolute atomic E-state index is 0.157. The third-order valence-electron chi connectivity index (χ3n) is 0.764. The van der Waals surface area contributed by atoms with Gasteiger partial charge in [0.05, 0.1) is 5.57 Å². The molecule has 0 bridgehead atoms. The summed E-state index contributed by atoms with van der Waals surface area (Å²) in [6, 6.07) is 0. The first-order valence-electron chi connectivity index (χ1n) is 2.40. The Morgan fingerprint density at radius 3 is 2.11 bits per heavy atom. The van der Waals surface area contributed by atoms with Gasteiger partial charge in [-0.15, -0.1) is 0 Å². The van der Waals surface area contributed by atoms with Crippen LogP contribution < -0.4 is 0 Å². The van der Waals surface area contributed by atoms with Gasteiger partial charge in [0.1, 0.15) is 0 Å². The van der Waals surface area contributed by atoms with Crippen LogP contribution in [0.25, 0.3) is 0 Å². The molecule has 0 radical (unpaired) electrons. The number of hydrogen-bond donors (Lipinski definition) is 1. The number of rotatable bonds is 3. The molecule has 0 aromatic rings. The van der Waals surface area contributed by atoms with E-state index < -0.39 is 5.97 Å². The Balaban J connectivity index is 4.32. The molecule has 2 heteroatoms. The summed E-state index contributed by atoms with van der Waals surface area (Å²) < 4.78 is 0. The first-order chi connectivity index (χ1) is 4.22. The molecular weight excluding hydrogens is 116 g/mol. The van der Waals surface area contributed by atoms with Gasteiger partial charge in [-0.3, -0.25) is 0 Å². The second-order valence-corrected chi connectivity index (χ2v) is 1.37. The average Bonchev–Trinajstić information content (AvgIpc) is 1.82. The highest BCUT2D eigenvalue weighted by Crippen LogP contribution is 1.94. The van der Waals surface area contributed by atoms with Crippen molar-refractivity contribution in [3.05, 3.63) is 37.0 Å². The van der Waals surface area contributed by atoms with Crippen molar-refractivity contribution in [2.75, 3.05) is 0 Å². The normalized spacial score (nSPS) is 10.4. The largest absolute Gasteiger partial charge is 0.478 e. The molecule has 0 aromatic heterocycles. The van der Waals surface area contributed by atoms with E-state index in [9.17, 15) is 4.79 Å². The van der Waals surface area contributed by atoms with Gasteiger partial charge in [0, 0.05) is 0 Å². The van der Waals surface area contributed by atoms with Crippen molar-refractivity contribution < 1.29 is 9.90 Å². The smallest absolute Gasteiger partial charge is 0.335 e. The van der Waals surface area contributed by atoms with Crippen molar-refractivity contribution in [1.29, 1.82) is 0 Å². The lowest BCUT2D eigenvalue weighted by Gasteiger charge is -1.87. The van der Waals surface area contributed by atoms with Crippen LogP contribution in [0, 0.1) is 0 Å². The number of allylic oxidation sites excluding steroid dienone is 2. The van der Waals surface area contributed by atoms with Crippen LogP contribution in [-0.4, -0.2) is 11.1 Å². The van der Waals surface area contributed by atoms with Gasteiger partial charge >= 0.3 is 5.97 Å². The Morgan fingerprint density at radius 2 is 2.00 bits per heavy atom. The zero-order valence-corrected chi connectivity index (χ0v) is 5.00. The monoisotopic (exact) mass is 124 g/mol. The summed E-state index contributed by atoms with van der Waals surface area (Å²) in [5.41, 5.74) is 0.157. The topological polar surface area (TPSA) is 37.3 Å². The molecule has 2 nitrogen and oxygen atoms in total. The Labute approximate surface area is 53.8 Å². The van der Waals surface area contributed by atoms with E-state index in [4.69, 9.17) is 5.11 Å². The molecule has 0 heterocycles. The summed E-state index contributed by atoms with van der Waals surface area (Å²) in [5.74, 6) is -0.982. The van der Waals surface area contributed by atoms with E-state index in [0.717, 1.165) is 0 Å². The van der Waals surface area contributed by atoms with Gasteiger partial charge in [0.15, 0.2) is 0 Å². The summed E-state index contributed by atoms with van der Waals surface area (Å²) in [6.45, 7) is 6.65. The molecule has 0 aliphatic heterocycles. The summed E-state index contributed by atoms with van der Waals surface area (Å²) in [6.07, 6.45) is 4.06. The van der Waals surface area contributed by atoms with E-state index in [1.807, 2.05) is 0 Å². The van der Waals surface area contributed by atoms with Gasteiger partial charge in [-0.2, -0.15) is 0 Å². The molecule has 0 atom stereocenters. The van der Waals surface area contributed by atoms with Crippen molar-refractivity contribution >= 4 is 5.97 Å². The molecule has 0 unspecified atom stereocenters. The zero-order chi connectivity index (χ0) is 7.28. The maximum atomic E-state index is 10.1. The molecule has 0 saturated heterocycles. The van der Waals surface area contributed by atoms with Gasteiger partial charge in [-0.05, 0) is 6.08 Å². The zero-order valence-electron chi connectivity index (χ0n) is 5.00. The third kappa shape index (κ3) is 2.49. The summed E-state index contributed by atoms with van der Waals surface area (Å²) >= 11 is 0. The van der Waals surface area contributed by atoms with Crippen LogP contribution in [0.2, 0.25) is 0 Å². The van der Waals surface area contributed by atoms with Gasteiger partial charge in [-0.25, -0.2) is 4.79 Å². The number of carbonyl (C=O) groups is 1. The molecule has 1 N–H and O–H groups in total. The van der Waals surface area contributed by atoms with Crippen molar-refractivity contribution in [2.24, 2.45) is 0 Å². The quantitative estimate of drug-likeness (QED) is 0.455. The number of carboxylic acid groups (broad SMARTS) is 1. The molecule has 0 aliphatic carbocycles. The van der Waals surface area contributed by atoms with Crippen LogP contribution in [0.1, 0.15) is 0 Å². The fourth-order valence-electron chi connectivity index (χ4n) is 0.354. The van der Waals surface area contributed by atoms with Crippen LogP contribution in [0.5, 0.6) is 0 Å². The van der Waals surface area contributed by atoms with E-state index >= 15 is 0 Å².